The lowest BCUT2D eigenvalue weighted by Crippen LogP contribution is -2.39. The smallest absolute Gasteiger partial charge is 0.124 e. The molecule has 20 heavy (non-hydrogen) atoms. The van der Waals surface area contributed by atoms with E-state index in [1.165, 1.54) is 10.4 Å². The Morgan fingerprint density at radius 2 is 2.20 bits per heavy atom. The first-order valence-corrected chi connectivity index (χ1v) is 8.45. The van der Waals surface area contributed by atoms with E-state index >= 15 is 0 Å². The zero-order chi connectivity index (χ0) is 14.2. The number of para-hydroxylation sites is 1. The summed E-state index contributed by atoms with van der Waals surface area (Å²) in [5.41, 5.74) is 1.14. The van der Waals surface area contributed by atoms with Crippen LogP contribution < -0.4 is 10.1 Å². The van der Waals surface area contributed by atoms with Crippen LogP contribution in [0, 0.1) is 0 Å². The molecule has 0 fully saturated rings. The van der Waals surface area contributed by atoms with E-state index in [0.29, 0.717) is 6.04 Å². The van der Waals surface area contributed by atoms with E-state index in [-0.39, 0.29) is 5.60 Å². The van der Waals surface area contributed by atoms with Crippen molar-refractivity contribution in [3.8, 4) is 5.75 Å². The maximum absolute atomic E-state index is 6.06. The third kappa shape index (κ3) is 3.08. The fourth-order valence-electron chi connectivity index (χ4n) is 2.65. The van der Waals surface area contributed by atoms with Crippen molar-refractivity contribution in [3.05, 3.63) is 50.6 Å². The number of hydrogen-bond acceptors (Lipinski definition) is 3. The van der Waals surface area contributed by atoms with E-state index in [0.717, 1.165) is 23.2 Å². The molecule has 0 spiro atoms. The summed E-state index contributed by atoms with van der Waals surface area (Å²) < 4.78 is 7.22. The molecule has 1 aromatic carbocycles. The average molecular weight is 352 g/mol. The fraction of sp³-hybridized carbons (Fsp3) is 0.375. The predicted octanol–water partition coefficient (Wildman–Crippen LogP) is 4.90. The molecule has 3 rings (SSSR count). The highest BCUT2D eigenvalue weighted by Gasteiger charge is 2.33. The highest BCUT2D eigenvalue weighted by Crippen LogP contribution is 2.39. The Bertz CT molecular complexity index is 608. The molecule has 0 saturated carbocycles. The van der Waals surface area contributed by atoms with Gasteiger partial charge in [-0.2, -0.15) is 0 Å². The molecule has 1 aliphatic rings. The number of benzene rings is 1. The van der Waals surface area contributed by atoms with Gasteiger partial charge in [-0.1, -0.05) is 18.2 Å². The third-order valence-electron chi connectivity index (χ3n) is 3.52. The maximum Gasteiger partial charge on any atom is 0.124 e. The van der Waals surface area contributed by atoms with Crippen LogP contribution in [0.1, 0.15) is 36.8 Å². The summed E-state index contributed by atoms with van der Waals surface area (Å²) in [6, 6.07) is 10.9. The minimum absolute atomic E-state index is 0.123. The van der Waals surface area contributed by atoms with Gasteiger partial charge >= 0.3 is 0 Å². The largest absolute Gasteiger partial charge is 0.487 e. The molecule has 0 amide bonds. The highest BCUT2D eigenvalue weighted by atomic mass is 79.9. The van der Waals surface area contributed by atoms with Crippen LogP contribution in [0.15, 0.2) is 40.2 Å². The number of hydrogen-bond donors (Lipinski definition) is 1. The van der Waals surface area contributed by atoms with Crippen molar-refractivity contribution in [3.63, 3.8) is 0 Å². The minimum Gasteiger partial charge on any atom is -0.487 e. The molecule has 1 atom stereocenters. The molecule has 4 heteroatoms. The second-order valence-electron chi connectivity index (χ2n) is 5.77. The zero-order valence-corrected chi connectivity index (χ0v) is 14.1. The molecule has 2 nitrogen and oxygen atoms in total. The van der Waals surface area contributed by atoms with Crippen molar-refractivity contribution in [2.75, 3.05) is 0 Å². The Balaban J connectivity index is 1.78. The Labute approximate surface area is 132 Å². The van der Waals surface area contributed by atoms with E-state index in [4.69, 9.17) is 4.74 Å². The van der Waals surface area contributed by atoms with Gasteiger partial charge in [0.25, 0.3) is 0 Å². The normalized spacial score (nSPS) is 20.2. The second kappa shape index (κ2) is 5.51. The Hall–Kier alpha value is -0.840. The van der Waals surface area contributed by atoms with Gasteiger partial charge in [0.05, 0.1) is 0 Å². The molecule has 106 valence electrons. The summed E-state index contributed by atoms with van der Waals surface area (Å²) in [6.07, 6.45) is 0.983. The lowest BCUT2D eigenvalue weighted by molar-refractivity contribution is 0.0658. The van der Waals surface area contributed by atoms with E-state index in [1.54, 1.807) is 11.3 Å². The van der Waals surface area contributed by atoms with Crippen molar-refractivity contribution in [2.24, 2.45) is 0 Å². The van der Waals surface area contributed by atoms with Crippen LogP contribution in [0.2, 0.25) is 0 Å². The summed E-state index contributed by atoms with van der Waals surface area (Å²) in [6.45, 7) is 5.20. The van der Waals surface area contributed by atoms with Gasteiger partial charge in [0, 0.05) is 39.3 Å². The van der Waals surface area contributed by atoms with E-state index in [2.05, 4.69) is 64.7 Å². The van der Waals surface area contributed by atoms with Crippen molar-refractivity contribution >= 4 is 27.3 Å². The summed E-state index contributed by atoms with van der Waals surface area (Å²) >= 11 is 5.28. The van der Waals surface area contributed by atoms with Gasteiger partial charge < -0.3 is 10.1 Å². The summed E-state index contributed by atoms with van der Waals surface area (Å²) in [7, 11) is 0. The quantitative estimate of drug-likeness (QED) is 0.848. The highest BCUT2D eigenvalue weighted by molar-refractivity contribution is 9.10. The van der Waals surface area contributed by atoms with Gasteiger partial charge in [-0.15, -0.1) is 11.3 Å². The van der Waals surface area contributed by atoms with Gasteiger partial charge in [0.1, 0.15) is 11.4 Å². The average Bonchev–Trinajstić information content (AvgIpc) is 2.80. The summed E-state index contributed by atoms with van der Waals surface area (Å²) in [5, 5.41) is 5.80. The monoisotopic (exact) mass is 351 g/mol. The SMILES string of the molecule is CC1(C)CC(NCc2cc(Br)cs2)c2ccccc2O1. The Morgan fingerprint density at radius 3 is 2.95 bits per heavy atom. The molecular formula is C16H18BrNOS. The number of fused-ring (bicyclic) bond motifs is 1. The van der Waals surface area contributed by atoms with E-state index in [1.807, 2.05) is 6.07 Å². The van der Waals surface area contributed by atoms with E-state index in [9.17, 15) is 0 Å². The van der Waals surface area contributed by atoms with Crippen LogP contribution in [0.3, 0.4) is 0 Å². The molecule has 1 unspecified atom stereocenters. The zero-order valence-electron chi connectivity index (χ0n) is 11.7. The summed E-state index contributed by atoms with van der Waals surface area (Å²) in [5.74, 6) is 1.01. The maximum atomic E-state index is 6.06. The van der Waals surface area contributed by atoms with Crippen molar-refractivity contribution in [1.82, 2.24) is 5.32 Å². The number of rotatable bonds is 3. The van der Waals surface area contributed by atoms with Crippen molar-refractivity contribution in [1.29, 1.82) is 0 Å². The molecular weight excluding hydrogens is 334 g/mol. The predicted molar refractivity (Wildman–Crippen MR) is 87.4 cm³/mol. The first-order chi connectivity index (χ1) is 9.53. The standard InChI is InChI=1S/C16H18BrNOS/c1-16(2)8-14(13-5-3-4-6-15(13)19-16)18-9-12-7-11(17)10-20-12/h3-7,10,14,18H,8-9H2,1-2H3. The van der Waals surface area contributed by atoms with Gasteiger partial charge in [-0.3, -0.25) is 0 Å². The van der Waals surface area contributed by atoms with Gasteiger partial charge in [-0.05, 0) is 41.9 Å². The molecule has 2 heterocycles. The molecule has 0 aliphatic carbocycles. The van der Waals surface area contributed by atoms with Crippen molar-refractivity contribution < 1.29 is 4.74 Å². The number of thiophene rings is 1. The number of ether oxygens (including phenoxy) is 1. The number of nitrogens with one attached hydrogen (secondary N) is 1. The second-order valence-corrected chi connectivity index (χ2v) is 7.68. The Morgan fingerprint density at radius 1 is 1.40 bits per heavy atom. The third-order valence-corrected chi connectivity index (χ3v) is 5.22. The molecule has 0 radical (unpaired) electrons. The van der Waals surface area contributed by atoms with E-state index < -0.39 is 0 Å². The van der Waals surface area contributed by atoms with Crippen LogP contribution in [0.5, 0.6) is 5.75 Å². The van der Waals surface area contributed by atoms with Gasteiger partial charge in [0.15, 0.2) is 0 Å². The van der Waals surface area contributed by atoms with Crippen LogP contribution >= 0.6 is 27.3 Å². The lowest BCUT2D eigenvalue weighted by atomic mass is 9.90. The van der Waals surface area contributed by atoms with Crippen LogP contribution in [0.25, 0.3) is 0 Å². The van der Waals surface area contributed by atoms with Gasteiger partial charge in [0.2, 0.25) is 0 Å². The molecule has 0 bridgehead atoms. The summed E-state index contributed by atoms with van der Waals surface area (Å²) in [4.78, 5) is 1.35. The minimum atomic E-state index is -0.123. The van der Waals surface area contributed by atoms with Gasteiger partial charge in [-0.25, -0.2) is 0 Å². The first-order valence-electron chi connectivity index (χ1n) is 6.78. The number of halogens is 1. The van der Waals surface area contributed by atoms with Crippen LogP contribution in [-0.2, 0) is 6.54 Å². The lowest BCUT2D eigenvalue weighted by Gasteiger charge is -2.38. The molecule has 2 aromatic rings. The molecule has 0 saturated heterocycles. The molecule has 1 N–H and O–H groups in total. The Kier molecular flexibility index (Phi) is 3.89. The topological polar surface area (TPSA) is 21.3 Å². The molecule has 1 aliphatic heterocycles. The van der Waals surface area contributed by atoms with Crippen molar-refractivity contribution in [2.45, 2.75) is 38.5 Å². The van der Waals surface area contributed by atoms with Crippen LogP contribution in [0.4, 0.5) is 0 Å². The fourth-order valence-corrected chi connectivity index (χ4v) is 4.06. The first kappa shape index (κ1) is 14.1. The van der Waals surface area contributed by atoms with Crippen LogP contribution in [-0.4, -0.2) is 5.60 Å². The molecule has 1 aromatic heterocycles.